The van der Waals surface area contributed by atoms with Gasteiger partial charge in [0.15, 0.2) is 5.11 Å². The van der Waals surface area contributed by atoms with Crippen LogP contribution in [0, 0.1) is 0 Å². The third-order valence-electron chi connectivity index (χ3n) is 3.24. The minimum absolute atomic E-state index is 0.579. The van der Waals surface area contributed by atoms with E-state index in [1.807, 2.05) is 48.5 Å². The lowest BCUT2D eigenvalue weighted by Crippen LogP contribution is -2.27. The topological polar surface area (TPSA) is 33.3 Å². The molecule has 0 aliphatic carbocycles. The van der Waals surface area contributed by atoms with Crippen LogP contribution in [0.3, 0.4) is 0 Å². The van der Waals surface area contributed by atoms with Crippen molar-refractivity contribution in [2.24, 2.45) is 0 Å². The van der Waals surface area contributed by atoms with Crippen molar-refractivity contribution in [2.75, 3.05) is 11.9 Å². The summed E-state index contributed by atoms with van der Waals surface area (Å²) in [6, 6.07) is 15.6. The third-order valence-corrected chi connectivity index (χ3v) is 3.78. The molecule has 2 aromatic carbocycles. The number of hydrogen-bond acceptors (Lipinski definition) is 2. The van der Waals surface area contributed by atoms with Crippen molar-refractivity contribution in [1.29, 1.82) is 0 Å². The Kier molecular flexibility index (Phi) is 7.17. The van der Waals surface area contributed by atoms with Crippen LogP contribution in [-0.2, 0) is 6.54 Å². The average molecular weight is 349 g/mol. The third kappa shape index (κ3) is 6.08. The summed E-state index contributed by atoms with van der Waals surface area (Å²) in [5.74, 6) is 0.730. The summed E-state index contributed by atoms with van der Waals surface area (Å²) in [5, 5.41) is 7.51. The van der Waals surface area contributed by atoms with Gasteiger partial charge in [0.1, 0.15) is 5.75 Å². The molecule has 3 nitrogen and oxygen atoms in total. The van der Waals surface area contributed by atoms with Crippen LogP contribution in [-0.4, -0.2) is 11.7 Å². The fourth-order valence-electron chi connectivity index (χ4n) is 1.98. The predicted octanol–water partition coefficient (Wildman–Crippen LogP) is 5.01. The summed E-state index contributed by atoms with van der Waals surface area (Å²) in [7, 11) is 0. The molecule has 0 radical (unpaired) electrons. The second-order valence-electron chi connectivity index (χ2n) is 5.14. The highest BCUT2D eigenvalue weighted by Crippen LogP contribution is 2.25. The summed E-state index contributed by atoms with van der Waals surface area (Å²) in [6.45, 7) is 3.43. The molecule has 0 atom stereocenters. The molecule has 0 amide bonds. The quantitative estimate of drug-likeness (QED) is 0.544. The van der Waals surface area contributed by atoms with Gasteiger partial charge in [-0.15, -0.1) is 0 Å². The number of anilines is 1. The SMILES string of the molecule is CCCCOc1ccc(CNC(=S)Nc2ccccc2)cc1Cl. The van der Waals surface area contributed by atoms with E-state index in [-0.39, 0.29) is 0 Å². The molecule has 0 aromatic heterocycles. The molecular weight excluding hydrogens is 328 g/mol. The largest absolute Gasteiger partial charge is 0.492 e. The van der Waals surface area contributed by atoms with E-state index in [2.05, 4.69) is 17.6 Å². The van der Waals surface area contributed by atoms with E-state index in [0.29, 0.717) is 23.3 Å². The molecule has 122 valence electrons. The molecule has 0 saturated carbocycles. The van der Waals surface area contributed by atoms with Crippen molar-refractivity contribution in [2.45, 2.75) is 26.3 Å². The first-order valence-electron chi connectivity index (χ1n) is 7.70. The molecule has 5 heteroatoms. The van der Waals surface area contributed by atoms with Gasteiger partial charge in [0.2, 0.25) is 0 Å². The highest BCUT2D eigenvalue weighted by Gasteiger charge is 2.04. The van der Waals surface area contributed by atoms with E-state index >= 15 is 0 Å². The van der Waals surface area contributed by atoms with Gasteiger partial charge in [-0.2, -0.15) is 0 Å². The minimum atomic E-state index is 0.579. The number of hydrogen-bond donors (Lipinski definition) is 2. The monoisotopic (exact) mass is 348 g/mol. The van der Waals surface area contributed by atoms with Gasteiger partial charge < -0.3 is 15.4 Å². The highest BCUT2D eigenvalue weighted by molar-refractivity contribution is 7.80. The number of thiocarbonyl (C=S) groups is 1. The van der Waals surface area contributed by atoms with Gasteiger partial charge in [0, 0.05) is 12.2 Å². The Hall–Kier alpha value is -1.78. The Morgan fingerprint density at radius 3 is 2.65 bits per heavy atom. The highest BCUT2D eigenvalue weighted by atomic mass is 35.5. The molecule has 2 aromatic rings. The minimum Gasteiger partial charge on any atom is -0.492 e. The lowest BCUT2D eigenvalue weighted by Gasteiger charge is -2.12. The lowest BCUT2D eigenvalue weighted by atomic mass is 10.2. The van der Waals surface area contributed by atoms with Crippen molar-refractivity contribution in [3.63, 3.8) is 0 Å². The van der Waals surface area contributed by atoms with Crippen LogP contribution < -0.4 is 15.4 Å². The van der Waals surface area contributed by atoms with E-state index in [0.717, 1.165) is 29.8 Å². The zero-order valence-corrected chi connectivity index (χ0v) is 14.7. The van der Waals surface area contributed by atoms with E-state index < -0.39 is 0 Å². The molecule has 0 aliphatic rings. The first-order valence-corrected chi connectivity index (χ1v) is 8.49. The number of halogens is 1. The molecule has 2 rings (SSSR count). The molecule has 0 heterocycles. The number of rotatable bonds is 7. The first kappa shape index (κ1) is 17.6. The molecule has 0 spiro atoms. The van der Waals surface area contributed by atoms with Crippen molar-refractivity contribution >= 4 is 34.6 Å². The zero-order valence-electron chi connectivity index (χ0n) is 13.1. The van der Waals surface area contributed by atoms with Crippen molar-refractivity contribution in [3.05, 3.63) is 59.1 Å². The average Bonchev–Trinajstić information content (AvgIpc) is 2.56. The molecule has 0 aliphatic heterocycles. The van der Waals surface area contributed by atoms with Crippen LogP contribution in [0.25, 0.3) is 0 Å². The Balaban J connectivity index is 1.83. The van der Waals surface area contributed by atoms with Crippen LogP contribution in [0.1, 0.15) is 25.3 Å². The van der Waals surface area contributed by atoms with Gasteiger partial charge in [-0.1, -0.05) is 49.2 Å². The van der Waals surface area contributed by atoms with Gasteiger partial charge in [-0.05, 0) is 48.5 Å². The number of para-hydroxylation sites is 1. The van der Waals surface area contributed by atoms with Crippen LogP contribution in [0.2, 0.25) is 5.02 Å². The van der Waals surface area contributed by atoms with Crippen LogP contribution in [0.15, 0.2) is 48.5 Å². The fraction of sp³-hybridized carbons (Fsp3) is 0.278. The van der Waals surface area contributed by atoms with Crippen molar-refractivity contribution < 1.29 is 4.74 Å². The molecule has 0 fully saturated rings. The van der Waals surface area contributed by atoms with Crippen LogP contribution in [0.4, 0.5) is 5.69 Å². The number of benzene rings is 2. The van der Waals surface area contributed by atoms with Crippen molar-refractivity contribution in [1.82, 2.24) is 5.32 Å². The van der Waals surface area contributed by atoms with Crippen LogP contribution in [0.5, 0.6) is 5.75 Å². The van der Waals surface area contributed by atoms with Gasteiger partial charge in [0.05, 0.1) is 11.6 Å². The molecule has 0 saturated heterocycles. The molecule has 23 heavy (non-hydrogen) atoms. The molecule has 0 unspecified atom stereocenters. The maximum Gasteiger partial charge on any atom is 0.171 e. The van der Waals surface area contributed by atoms with E-state index in [1.54, 1.807) is 0 Å². The maximum absolute atomic E-state index is 6.25. The number of nitrogens with one attached hydrogen (secondary N) is 2. The van der Waals surface area contributed by atoms with E-state index in [4.69, 9.17) is 28.6 Å². The Morgan fingerprint density at radius 2 is 1.96 bits per heavy atom. The summed E-state index contributed by atoms with van der Waals surface area (Å²) >= 11 is 11.5. The van der Waals surface area contributed by atoms with Crippen LogP contribution >= 0.6 is 23.8 Å². The van der Waals surface area contributed by atoms with E-state index in [9.17, 15) is 0 Å². The second kappa shape index (κ2) is 9.38. The first-order chi connectivity index (χ1) is 11.2. The van der Waals surface area contributed by atoms with Gasteiger partial charge in [0.25, 0.3) is 0 Å². The summed E-state index contributed by atoms with van der Waals surface area (Å²) < 4.78 is 5.65. The number of unbranched alkanes of at least 4 members (excludes halogenated alkanes) is 1. The lowest BCUT2D eigenvalue weighted by molar-refractivity contribution is 0.309. The molecule has 0 bridgehead atoms. The van der Waals surface area contributed by atoms with Gasteiger partial charge in [-0.3, -0.25) is 0 Å². The Morgan fingerprint density at radius 1 is 1.17 bits per heavy atom. The Labute approximate surface area is 148 Å². The predicted molar refractivity (Wildman–Crippen MR) is 101 cm³/mol. The Bertz CT molecular complexity index is 634. The number of ether oxygens (including phenoxy) is 1. The standard InChI is InChI=1S/C18H21ClN2OS/c1-2-3-11-22-17-10-9-14(12-16(17)19)13-20-18(23)21-15-7-5-4-6-8-15/h4-10,12H,2-3,11,13H2,1H3,(H2,20,21,23). The maximum atomic E-state index is 6.25. The van der Waals surface area contributed by atoms with Gasteiger partial charge >= 0.3 is 0 Å². The summed E-state index contributed by atoms with van der Waals surface area (Å²) in [4.78, 5) is 0. The van der Waals surface area contributed by atoms with Crippen molar-refractivity contribution in [3.8, 4) is 5.75 Å². The normalized spacial score (nSPS) is 10.2. The smallest absolute Gasteiger partial charge is 0.171 e. The van der Waals surface area contributed by atoms with E-state index in [1.165, 1.54) is 0 Å². The summed E-state index contributed by atoms with van der Waals surface area (Å²) in [5.41, 5.74) is 2.01. The molecular formula is C18H21ClN2OS. The fourth-order valence-corrected chi connectivity index (χ4v) is 2.42. The van der Waals surface area contributed by atoms with Gasteiger partial charge in [-0.25, -0.2) is 0 Å². The molecule has 2 N–H and O–H groups in total. The zero-order chi connectivity index (χ0) is 16.5. The summed E-state index contributed by atoms with van der Waals surface area (Å²) in [6.07, 6.45) is 2.13. The second-order valence-corrected chi connectivity index (χ2v) is 5.96.